The first-order valence-corrected chi connectivity index (χ1v) is 5.56. The number of alkyl halides is 3. The lowest BCUT2D eigenvalue weighted by atomic mass is 10.0. The van der Waals surface area contributed by atoms with Crippen LogP contribution in [0.4, 0.5) is 13.2 Å². The van der Waals surface area contributed by atoms with Crippen LogP contribution in [0.25, 0.3) is 0 Å². The van der Waals surface area contributed by atoms with Crippen molar-refractivity contribution < 1.29 is 21.6 Å². The molecule has 14 heavy (non-hydrogen) atoms. The van der Waals surface area contributed by atoms with E-state index in [1.165, 1.54) is 0 Å². The molecule has 0 amide bonds. The number of hydrogen-bond acceptors (Lipinski definition) is 4. The van der Waals surface area contributed by atoms with Gasteiger partial charge in [-0.25, -0.2) is 8.42 Å². The highest BCUT2D eigenvalue weighted by atomic mass is 32.2. The summed E-state index contributed by atoms with van der Waals surface area (Å²) in [6.07, 6.45) is -4.35. The third kappa shape index (κ3) is 1.84. The van der Waals surface area contributed by atoms with E-state index < -0.39 is 33.0 Å². The Balaban J connectivity index is 2.92. The average Bonchev–Trinajstić information content (AvgIpc) is 2.29. The normalized spacial score (nSPS) is 28.5. The zero-order chi connectivity index (χ0) is 11.2. The maximum atomic E-state index is 12.4. The summed E-state index contributed by atoms with van der Waals surface area (Å²) >= 11 is 0. The molecule has 0 aromatic carbocycles. The largest absolute Gasteiger partial charge is 0.413 e. The van der Waals surface area contributed by atoms with E-state index in [1.807, 2.05) is 5.43 Å². The third-order valence-electron chi connectivity index (χ3n) is 1.99. The lowest BCUT2D eigenvalue weighted by Crippen LogP contribution is -2.50. The Kier molecular flexibility index (Phi) is 2.30. The molecule has 1 unspecified atom stereocenters. The third-order valence-corrected chi connectivity index (χ3v) is 3.08. The molecule has 1 aliphatic rings. The lowest BCUT2D eigenvalue weighted by Gasteiger charge is -2.26. The van der Waals surface area contributed by atoms with E-state index >= 15 is 0 Å². The van der Waals surface area contributed by atoms with Crippen molar-refractivity contribution >= 4 is 14.9 Å². The summed E-state index contributed by atoms with van der Waals surface area (Å²) in [5, 5.41) is 2.72. The lowest BCUT2D eigenvalue weighted by molar-refractivity contribution is -0.186. The van der Waals surface area contributed by atoms with Gasteiger partial charge in [0.2, 0.25) is 0 Å². The van der Waals surface area contributed by atoms with E-state index in [9.17, 15) is 21.6 Å². The van der Waals surface area contributed by atoms with Gasteiger partial charge in [0, 0.05) is 12.7 Å². The van der Waals surface area contributed by atoms with Gasteiger partial charge in [0.05, 0.1) is 0 Å². The number of rotatable bonds is 0. The molecule has 1 N–H and O–H groups in total. The van der Waals surface area contributed by atoms with Gasteiger partial charge in [0.1, 0.15) is 0 Å². The first-order chi connectivity index (χ1) is 6.06. The van der Waals surface area contributed by atoms with Crippen LogP contribution in [0.15, 0.2) is 5.10 Å². The van der Waals surface area contributed by atoms with Crippen molar-refractivity contribution in [1.82, 2.24) is 5.43 Å². The summed E-state index contributed by atoms with van der Waals surface area (Å²) in [7, 11) is -3.65. The van der Waals surface area contributed by atoms with Crippen LogP contribution in [0.1, 0.15) is 13.3 Å². The smallest absolute Gasteiger partial charge is 0.294 e. The van der Waals surface area contributed by atoms with Gasteiger partial charge in [-0.1, -0.05) is 0 Å². The summed E-state index contributed by atoms with van der Waals surface area (Å²) in [5.74, 6) is 0. The quantitative estimate of drug-likeness (QED) is 0.665. The molecule has 0 aliphatic carbocycles. The first kappa shape index (κ1) is 11.3. The average molecular weight is 230 g/mol. The molecule has 0 radical (unpaired) electrons. The van der Waals surface area contributed by atoms with Crippen molar-refractivity contribution in [2.24, 2.45) is 5.10 Å². The van der Waals surface area contributed by atoms with Gasteiger partial charge < -0.3 is 0 Å². The Labute approximate surface area is 79.1 Å². The van der Waals surface area contributed by atoms with Gasteiger partial charge in [-0.05, 0) is 6.92 Å². The van der Waals surface area contributed by atoms with Gasteiger partial charge in [-0.2, -0.15) is 18.3 Å². The molecule has 1 atom stereocenters. The summed E-state index contributed by atoms with van der Waals surface area (Å²) in [6.45, 7) is 0.870. The van der Waals surface area contributed by atoms with E-state index in [0.29, 0.717) is 0 Å². The van der Waals surface area contributed by atoms with Crippen LogP contribution in [-0.2, 0) is 9.84 Å². The first-order valence-electron chi connectivity index (χ1n) is 3.67. The number of nitrogens with zero attached hydrogens (tertiary/aromatic N) is 1. The Morgan fingerprint density at radius 3 is 2.21 bits per heavy atom. The second-order valence-electron chi connectivity index (χ2n) is 3.40. The van der Waals surface area contributed by atoms with Crippen molar-refractivity contribution in [3.8, 4) is 0 Å². The monoisotopic (exact) mass is 230 g/mol. The van der Waals surface area contributed by atoms with Crippen molar-refractivity contribution in [3.63, 3.8) is 0 Å². The van der Waals surface area contributed by atoms with Crippen LogP contribution in [-0.4, -0.2) is 31.4 Å². The van der Waals surface area contributed by atoms with Gasteiger partial charge in [-0.3, -0.25) is 5.43 Å². The van der Waals surface area contributed by atoms with E-state index in [1.54, 1.807) is 0 Å². The Morgan fingerprint density at radius 2 is 2.00 bits per heavy atom. The Morgan fingerprint density at radius 1 is 1.50 bits per heavy atom. The number of sulfone groups is 1. The van der Waals surface area contributed by atoms with Crippen LogP contribution >= 0.6 is 0 Å². The van der Waals surface area contributed by atoms with Crippen LogP contribution in [0.2, 0.25) is 0 Å². The fraction of sp³-hybridized carbons (Fsp3) is 0.833. The van der Waals surface area contributed by atoms with Crippen LogP contribution < -0.4 is 5.43 Å². The predicted octanol–water partition coefficient (Wildman–Crippen LogP) is 0.659. The van der Waals surface area contributed by atoms with Crippen LogP contribution in [0, 0.1) is 0 Å². The Hall–Kier alpha value is -0.790. The topological polar surface area (TPSA) is 58.5 Å². The molecule has 1 heterocycles. The molecule has 8 heteroatoms. The second kappa shape index (κ2) is 2.85. The minimum Gasteiger partial charge on any atom is -0.294 e. The number of hydrogen-bond donors (Lipinski definition) is 1. The summed E-state index contributed by atoms with van der Waals surface area (Å²) in [6, 6.07) is 0. The molecule has 0 fully saturated rings. The van der Waals surface area contributed by atoms with Crippen molar-refractivity contribution in [1.29, 1.82) is 0 Å². The fourth-order valence-electron chi connectivity index (χ4n) is 0.945. The zero-order valence-electron chi connectivity index (χ0n) is 7.51. The van der Waals surface area contributed by atoms with Crippen molar-refractivity contribution in [2.75, 3.05) is 6.26 Å². The molecule has 1 rings (SSSR count). The van der Waals surface area contributed by atoms with E-state index in [0.717, 1.165) is 13.2 Å². The standard InChI is InChI=1S/C6H9F3N2O2S/c1-5(6(7,8)9)3-4(10-11-5)14(2,12)13/h11H,3H2,1-2H3. The molecular formula is C6H9F3N2O2S. The molecule has 0 saturated heterocycles. The minimum atomic E-state index is -4.52. The molecular weight excluding hydrogens is 221 g/mol. The summed E-state index contributed by atoms with van der Waals surface area (Å²) in [4.78, 5) is 0. The molecule has 1 aliphatic heterocycles. The van der Waals surface area contributed by atoms with Crippen LogP contribution in [0.3, 0.4) is 0 Å². The van der Waals surface area contributed by atoms with E-state index in [4.69, 9.17) is 0 Å². The molecule has 0 spiro atoms. The van der Waals surface area contributed by atoms with Crippen LogP contribution in [0.5, 0.6) is 0 Å². The van der Waals surface area contributed by atoms with Crippen molar-refractivity contribution in [2.45, 2.75) is 25.1 Å². The minimum absolute atomic E-state index is 0.461. The maximum Gasteiger partial charge on any atom is 0.413 e. The fourth-order valence-corrected chi connectivity index (χ4v) is 1.71. The molecule has 4 nitrogen and oxygen atoms in total. The highest BCUT2D eigenvalue weighted by molar-refractivity contribution is 8.05. The zero-order valence-corrected chi connectivity index (χ0v) is 8.33. The van der Waals surface area contributed by atoms with Gasteiger partial charge >= 0.3 is 6.18 Å². The number of hydrazone groups is 1. The number of halogens is 3. The maximum absolute atomic E-state index is 12.4. The SMILES string of the molecule is CC1(C(F)(F)F)CC(S(C)(=O)=O)=NN1. The van der Waals surface area contributed by atoms with Gasteiger partial charge in [0.25, 0.3) is 0 Å². The summed E-state index contributed by atoms with van der Waals surface area (Å²) in [5.41, 5.74) is -0.459. The Bertz CT molecular complexity index is 373. The van der Waals surface area contributed by atoms with E-state index in [-0.39, 0.29) is 0 Å². The molecule has 0 aromatic heterocycles. The summed E-state index contributed by atoms with van der Waals surface area (Å²) < 4.78 is 58.9. The van der Waals surface area contributed by atoms with E-state index in [2.05, 4.69) is 5.10 Å². The highest BCUT2D eigenvalue weighted by Crippen LogP contribution is 2.36. The molecule has 82 valence electrons. The molecule has 0 saturated carbocycles. The predicted molar refractivity (Wildman–Crippen MR) is 44.5 cm³/mol. The van der Waals surface area contributed by atoms with Crippen molar-refractivity contribution in [3.05, 3.63) is 0 Å². The molecule has 0 aromatic rings. The number of nitrogens with one attached hydrogen (secondary N) is 1. The second-order valence-corrected chi connectivity index (χ2v) is 5.41. The molecule has 0 bridgehead atoms. The van der Waals surface area contributed by atoms with Gasteiger partial charge in [-0.15, -0.1) is 0 Å². The highest BCUT2D eigenvalue weighted by Gasteiger charge is 2.55. The van der Waals surface area contributed by atoms with Gasteiger partial charge in [0.15, 0.2) is 20.4 Å².